The van der Waals surface area contributed by atoms with Crippen molar-refractivity contribution in [3.63, 3.8) is 0 Å². The number of nitrogens with zero attached hydrogens (tertiary/aromatic N) is 1. The molecule has 0 aromatic heterocycles. The highest BCUT2D eigenvalue weighted by atomic mass is 35.5. The molecular weight excluding hydrogens is 254 g/mol. The zero-order valence-corrected chi connectivity index (χ0v) is 11.1. The van der Waals surface area contributed by atoms with Gasteiger partial charge in [0, 0.05) is 12.1 Å². The number of benzene rings is 3. The van der Waals surface area contributed by atoms with E-state index >= 15 is 0 Å². The van der Waals surface area contributed by atoms with Gasteiger partial charge in [0.1, 0.15) is 5.17 Å². The number of hydrogen-bond acceptors (Lipinski definition) is 1. The Morgan fingerprint density at radius 1 is 0.842 bits per heavy atom. The summed E-state index contributed by atoms with van der Waals surface area (Å²) in [5.41, 5.74) is 2.43. The molecule has 0 saturated heterocycles. The van der Waals surface area contributed by atoms with E-state index in [-0.39, 0.29) is 0 Å². The van der Waals surface area contributed by atoms with E-state index in [9.17, 15) is 0 Å². The van der Waals surface area contributed by atoms with Gasteiger partial charge in [-0.05, 0) is 33.5 Å². The molecule has 3 aromatic carbocycles. The Balaban J connectivity index is 2.16. The lowest BCUT2D eigenvalue weighted by atomic mass is 9.92. The van der Waals surface area contributed by atoms with Gasteiger partial charge in [-0.2, -0.15) is 0 Å². The van der Waals surface area contributed by atoms with E-state index in [1.54, 1.807) is 0 Å². The van der Waals surface area contributed by atoms with Crippen LogP contribution in [-0.4, -0.2) is 11.7 Å². The van der Waals surface area contributed by atoms with Gasteiger partial charge in [0.05, 0.1) is 0 Å². The zero-order chi connectivity index (χ0) is 12.8. The van der Waals surface area contributed by atoms with E-state index in [0.29, 0.717) is 5.17 Å². The molecule has 3 aromatic rings. The molecule has 0 amide bonds. The highest BCUT2D eigenvalue weighted by Crippen LogP contribution is 2.31. The summed E-state index contributed by atoms with van der Waals surface area (Å²) >= 11 is 6.22. The molecule has 19 heavy (non-hydrogen) atoms. The summed E-state index contributed by atoms with van der Waals surface area (Å²) in [5, 5.41) is 5.86. The van der Waals surface area contributed by atoms with Crippen molar-refractivity contribution in [2.75, 3.05) is 6.54 Å². The summed E-state index contributed by atoms with van der Waals surface area (Å²) in [5.74, 6) is 0. The number of fused-ring (bicyclic) bond motifs is 5. The Morgan fingerprint density at radius 2 is 1.68 bits per heavy atom. The number of rotatable bonds is 0. The van der Waals surface area contributed by atoms with Crippen molar-refractivity contribution in [3.05, 3.63) is 59.7 Å². The zero-order valence-electron chi connectivity index (χ0n) is 10.4. The smallest absolute Gasteiger partial charge is 0.131 e. The van der Waals surface area contributed by atoms with Crippen molar-refractivity contribution in [2.45, 2.75) is 6.42 Å². The summed E-state index contributed by atoms with van der Waals surface area (Å²) in [6, 6.07) is 17.2. The van der Waals surface area contributed by atoms with E-state index < -0.39 is 0 Å². The molecule has 1 aliphatic rings. The Bertz CT molecular complexity index is 833. The van der Waals surface area contributed by atoms with Crippen LogP contribution in [0.5, 0.6) is 0 Å². The van der Waals surface area contributed by atoms with Crippen molar-refractivity contribution < 1.29 is 0 Å². The monoisotopic (exact) mass is 265 g/mol. The number of halogens is 1. The van der Waals surface area contributed by atoms with Gasteiger partial charge < -0.3 is 0 Å². The molecule has 1 aliphatic heterocycles. The van der Waals surface area contributed by atoms with Crippen LogP contribution in [0.15, 0.2) is 53.5 Å². The second-order valence-corrected chi connectivity index (χ2v) is 5.25. The Labute approximate surface area is 116 Å². The Kier molecular flexibility index (Phi) is 2.36. The summed E-state index contributed by atoms with van der Waals surface area (Å²) in [6.07, 6.45) is 0.973. The third-order valence-corrected chi connectivity index (χ3v) is 4.20. The minimum atomic E-state index is 0.649. The fourth-order valence-corrected chi connectivity index (χ4v) is 3.23. The first-order chi connectivity index (χ1) is 9.34. The van der Waals surface area contributed by atoms with Crippen molar-refractivity contribution in [1.29, 1.82) is 0 Å². The van der Waals surface area contributed by atoms with Gasteiger partial charge in [-0.25, -0.2) is 0 Å². The molecule has 92 valence electrons. The summed E-state index contributed by atoms with van der Waals surface area (Å²) in [6.45, 7) is 0.789. The highest BCUT2D eigenvalue weighted by molar-refractivity contribution is 6.70. The van der Waals surface area contributed by atoms with E-state index in [1.165, 1.54) is 27.1 Å². The molecule has 1 heterocycles. The average Bonchev–Trinajstić information content (AvgIpc) is 2.47. The van der Waals surface area contributed by atoms with Gasteiger partial charge in [-0.15, -0.1) is 0 Å². The topological polar surface area (TPSA) is 12.4 Å². The molecule has 0 radical (unpaired) electrons. The summed E-state index contributed by atoms with van der Waals surface area (Å²) < 4.78 is 0. The van der Waals surface area contributed by atoms with Crippen LogP contribution in [0.25, 0.3) is 21.5 Å². The van der Waals surface area contributed by atoms with Gasteiger partial charge in [0.25, 0.3) is 0 Å². The van der Waals surface area contributed by atoms with Gasteiger partial charge >= 0.3 is 0 Å². The molecule has 4 rings (SSSR count). The van der Waals surface area contributed by atoms with Crippen LogP contribution in [0.1, 0.15) is 11.1 Å². The van der Waals surface area contributed by atoms with Crippen molar-refractivity contribution in [3.8, 4) is 0 Å². The highest BCUT2D eigenvalue weighted by Gasteiger charge is 2.15. The van der Waals surface area contributed by atoms with Gasteiger partial charge in [-0.1, -0.05) is 60.1 Å². The minimum absolute atomic E-state index is 0.649. The molecule has 0 aliphatic carbocycles. The predicted octanol–water partition coefficient (Wildman–Crippen LogP) is 4.53. The standard InChI is InChI=1S/C17H12ClN/c18-17-16-8-7-13-12-4-2-1-3-11(12)5-6-14(13)15(16)9-10-19-17/h1-8H,9-10H2. The lowest BCUT2D eigenvalue weighted by molar-refractivity contribution is 0.959. The van der Waals surface area contributed by atoms with Crippen LogP contribution >= 0.6 is 11.6 Å². The second kappa shape index (κ2) is 4.07. The molecule has 0 fully saturated rings. The van der Waals surface area contributed by atoms with Crippen molar-refractivity contribution in [1.82, 2.24) is 0 Å². The van der Waals surface area contributed by atoms with Crippen LogP contribution in [0, 0.1) is 0 Å². The quantitative estimate of drug-likeness (QED) is 0.530. The number of aliphatic imine (C=N–C) groups is 1. The molecule has 0 bridgehead atoms. The van der Waals surface area contributed by atoms with Gasteiger partial charge in [0.2, 0.25) is 0 Å². The molecule has 2 heteroatoms. The predicted molar refractivity (Wildman–Crippen MR) is 82.4 cm³/mol. The summed E-state index contributed by atoms with van der Waals surface area (Å²) in [7, 11) is 0. The third-order valence-electron chi connectivity index (χ3n) is 3.87. The minimum Gasteiger partial charge on any atom is -0.272 e. The molecule has 0 saturated carbocycles. The van der Waals surface area contributed by atoms with Crippen LogP contribution in [0.4, 0.5) is 0 Å². The largest absolute Gasteiger partial charge is 0.272 e. The van der Waals surface area contributed by atoms with Crippen LogP contribution in [0.3, 0.4) is 0 Å². The third kappa shape index (κ3) is 1.58. The van der Waals surface area contributed by atoms with Crippen molar-refractivity contribution in [2.24, 2.45) is 4.99 Å². The first-order valence-corrected chi connectivity index (χ1v) is 6.86. The maximum atomic E-state index is 6.22. The molecule has 0 unspecified atom stereocenters. The molecule has 0 spiro atoms. The SMILES string of the molecule is ClC1=NCCc2c1ccc1c2ccc2ccccc21. The van der Waals surface area contributed by atoms with Crippen LogP contribution in [-0.2, 0) is 6.42 Å². The molecular formula is C17H12ClN. The Hall–Kier alpha value is -1.86. The maximum Gasteiger partial charge on any atom is 0.131 e. The van der Waals surface area contributed by atoms with E-state index in [2.05, 4.69) is 53.5 Å². The fraction of sp³-hybridized carbons (Fsp3) is 0.118. The van der Waals surface area contributed by atoms with E-state index in [1.807, 2.05) is 0 Å². The summed E-state index contributed by atoms with van der Waals surface area (Å²) in [4.78, 5) is 4.32. The maximum absolute atomic E-state index is 6.22. The van der Waals surface area contributed by atoms with E-state index in [4.69, 9.17) is 11.6 Å². The molecule has 0 N–H and O–H groups in total. The fourth-order valence-electron chi connectivity index (χ4n) is 2.96. The Morgan fingerprint density at radius 3 is 2.63 bits per heavy atom. The van der Waals surface area contributed by atoms with Crippen molar-refractivity contribution >= 4 is 38.3 Å². The first kappa shape index (κ1) is 11.0. The number of hydrogen-bond donors (Lipinski definition) is 0. The lowest BCUT2D eigenvalue weighted by Gasteiger charge is -2.16. The lowest BCUT2D eigenvalue weighted by Crippen LogP contribution is -2.08. The first-order valence-electron chi connectivity index (χ1n) is 6.48. The van der Waals surface area contributed by atoms with Gasteiger partial charge in [0.15, 0.2) is 0 Å². The van der Waals surface area contributed by atoms with Crippen LogP contribution < -0.4 is 0 Å². The molecule has 1 nitrogen and oxygen atoms in total. The average molecular weight is 266 g/mol. The van der Waals surface area contributed by atoms with E-state index in [0.717, 1.165) is 18.5 Å². The molecule has 0 atom stereocenters. The second-order valence-electron chi connectivity index (χ2n) is 4.90. The van der Waals surface area contributed by atoms with Gasteiger partial charge in [-0.3, -0.25) is 4.99 Å². The van der Waals surface area contributed by atoms with Crippen LogP contribution in [0.2, 0.25) is 0 Å². The normalized spacial score (nSPS) is 14.5.